The van der Waals surface area contributed by atoms with E-state index in [9.17, 15) is 13.2 Å². The monoisotopic (exact) mass is 303 g/mol. The third-order valence-electron chi connectivity index (χ3n) is 2.78. The molecule has 0 amide bonds. The van der Waals surface area contributed by atoms with Gasteiger partial charge in [-0.05, 0) is 6.92 Å². The van der Waals surface area contributed by atoms with E-state index in [0.717, 1.165) is 0 Å². The van der Waals surface area contributed by atoms with E-state index >= 15 is 0 Å². The Morgan fingerprint density at radius 1 is 1.40 bits per heavy atom. The average Bonchev–Trinajstić information content (AvgIpc) is 2.37. The minimum absolute atomic E-state index is 0.198. The molecule has 0 aromatic carbocycles. The number of aliphatic carboxylic acids is 1. The number of carboxylic acids is 1. The highest BCUT2D eigenvalue weighted by atomic mass is 32.2. The Morgan fingerprint density at radius 3 is 2.55 bits per heavy atom. The summed E-state index contributed by atoms with van der Waals surface area (Å²) in [4.78, 5) is 14.6. The summed E-state index contributed by atoms with van der Waals surface area (Å²) in [6.45, 7) is 1.36. The zero-order valence-electron chi connectivity index (χ0n) is 11.5. The van der Waals surface area contributed by atoms with Gasteiger partial charge < -0.3 is 14.6 Å². The third-order valence-corrected chi connectivity index (χ3v) is 4.85. The van der Waals surface area contributed by atoms with Gasteiger partial charge in [0, 0.05) is 12.3 Å². The molecule has 8 heteroatoms. The molecule has 0 aliphatic carbocycles. The van der Waals surface area contributed by atoms with Crippen LogP contribution in [0.4, 0.5) is 0 Å². The summed E-state index contributed by atoms with van der Waals surface area (Å²) in [5, 5.41) is 7.67. The number of hydrogen-bond acceptors (Lipinski definition) is 6. The summed E-state index contributed by atoms with van der Waals surface area (Å²) in [6.07, 6.45) is 0.961. The van der Waals surface area contributed by atoms with E-state index in [1.165, 1.54) is 27.3 Å². The Hall–Kier alpha value is -1.83. The van der Waals surface area contributed by atoms with Gasteiger partial charge >= 0.3 is 5.97 Å². The molecule has 20 heavy (non-hydrogen) atoms. The Morgan fingerprint density at radius 2 is 2.05 bits per heavy atom. The Balaban J connectivity index is 3.06. The third kappa shape index (κ3) is 3.83. The number of methoxy groups -OCH3 is 2. The summed E-state index contributed by atoms with van der Waals surface area (Å²) in [5.74, 6) is -0.951. The lowest BCUT2D eigenvalue weighted by molar-refractivity contribution is -0.136. The zero-order chi connectivity index (χ0) is 15.3. The summed E-state index contributed by atoms with van der Waals surface area (Å²) < 4.78 is 34.4. The normalized spacial score (nSPS) is 12.8. The van der Waals surface area contributed by atoms with Crippen molar-refractivity contribution in [1.82, 2.24) is 4.98 Å². The predicted octanol–water partition coefficient (Wildman–Crippen LogP) is 0.877. The van der Waals surface area contributed by atoms with Crippen LogP contribution in [0.25, 0.3) is 0 Å². The highest BCUT2D eigenvalue weighted by molar-refractivity contribution is 7.91. The van der Waals surface area contributed by atoms with Crippen molar-refractivity contribution in [3.05, 3.63) is 18.0 Å². The summed E-state index contributed by atoms with van der Waals surface area (Å²) in [7, 11) is -0.826. The van der Waals surface area contributed by atoms with Crippen molar-refractivity contribution in [2.45, 2.75) is 24.3 Å². The van der Waals surface area contributed by atoms with Crippen LogP contribution in [0.5, 0.6) is 11.5 Å². The van der Waals surface area contributed by atoms with Gasteiger partial charge in [-0.3, -0.25) is 9.78 Å². The van der Waals surface area contributed by atoms with Gasteiger partial charge in [-0.2, -0.15) is 0 Å². The van der Waals surface area contributed by atoms with Gasteiger partial charge in [0.05, 0.1) is 31.6 Å². The van der Waals surface area contributed by atoms with E-state index in [1.54, 1.807) is 6.07 Å². The molecule has 1 N–H and O–H groups in total. The van der Waals surface area contributed by atoms with Crippen LogP contribution in [0.15, 0.2) is 12.3 Å². The van der Waals surface area contributed by atoms with Crippen molar-refractivity contribution in [2.24, 2.45) is 0 Å². The largest absolute Gasteiger partial charge is 0.493 e. The van der Waals surface area contributed by atoms with E-state index < -0.39 is 33.2 Å². The first-order chi connectivity index (χ1) is 9.31. The van der Waals surface area contributed by atoms with E-state index in [1.807, 2.05) is 0 Å². The molecule has 1 unspecified atom stereocenters. The molecule has 1 rings (SSSR count). The molecule has 0 aliphatic heterocycles. The van der Waals surface area contributed by atoms with Gasteiger partial charge in [0.1, 0.15) is 5.69 Å². The predicted molar refractivity (Wildman–Crippen MR) is 71.7 cm³/mol. The smallest absolute Gasteiger partial charge is 0.304 e. The van der Waals surface area contributed by atoms with Crippen molar-refractivity contribution in [3.63, 3.8) is 0 Å². The SMILES string of the molecule is COc1ccnc(CS(=O)(=O)C(C)CC(=O)O)c1OC. The molecule has 0 radical (unpaired) electrons. The fourth-order valence-electron chi connectivity index (χ4n) is 1.66. The van der Waals surface area contributed by atoms with Crippen molar-refractivity contribution >= 4 is 15.8 Å². The molecule has 1 aromatic rings. The van der Waals surface area contributed by atoms with Crippen LogP contribution in [0, 0.1) is 0 Å². The molecule has 0 aliphatic rings. The quantitative estimate of drug-likeness (QED) is 0.797. The van der Waals surface area contributed by atoms with Crippen molar-refractivity contribution < 1.29 is 27.8 Å². The fourth-order valence-corrected chi connectivity index (χ4v) is 2.93. The number of hydrogen-bond donors (Lipinski definition) is 1. The second kappa shape index (κ2) is 6.56. The number of aromatic nitrogens is 1. The first-order valence-corrected chi connectivity index (χ1v) is 7.52. The number of sulfone groups is 1. The molecule has 112 valence electrons. The van der Waals surface area contributed by atoms with Crippen molar-refractivity contribution in [1.29, 1.82) is 0 Å². The number of rotatable bonds is 7. The van der Waals surface area contributed by atoms with Crippen LogP contribution < -0.4 is 9.47 Å². The van der Waals surface area contributed by atoms with Crippen molar-refractivity contribution in [2.75, 3.05) is 14.2 Å². The van der Waals surface area contributed by atoms with E-state index in [-0.39, 0.29) is 11.4 Å². The molecule has 0 saturated carbocycles. The van der Waals surface area contributed by atoms with Gasteiger partial charge in [0.25, 0.3) is 0 Å². The second-order valence-corrected chi connectivity index (χ2v) is 6.63. The Kier molecular flexibility index (Phi) is 5.32. The molecule has 1 aromatic heterocycles. The van der Waals surface area contributed by atoms with E-state index in [0.29, 0.717) is 5.75 Å². The topological polar surface area (TPSA) is 103 Å². The average molecular weight is 303 g/mol. The molecule has 0 fully saturated rings. The number of carbonyl (C=O) groups is 1. The minimum atomic E-state index is -3.64. The molecular formula is C12H17NO6S. The molecule has 0 spiro atoms. The van der Waals surface area contributed by atoms with Crippen LogP contribution in [0.3, 0.4) is 0 Å². The van der Waals surface area contributed by atoms with Gasteiger partial charge in [0.15, 0.2) is 21.3 Å². The maximum Gasteiger partial charge on any atom is 0.304 e. The molecule has 1 heterocycles. The maximum atomic E-state index is 12.1. The lowest BCUT2D eigenvalue weighted by atomic mass is 10.3. The summed E-state index contributed by atoms with van der Waals surface area (Å²) >= 11 is 0. The van der Waals surface area contributed by atoms with Gasteiger partial charge in [-0.1, -0.05) is 0 Å². The van der Waals surface area contributed by atoms with Crippen LogP contribution in [0.1, 0.15) is 19.0 Å². The van der Waals surface area contributed by atoms with Crippen molar-refractivity contribution in [3.8, 4) is 11.5 Å². The standard InChI is InChI=1S/C12H17NO6S/c1-8(6-11(14)15)20(16,17)7-9-12(19-3)10(18-2)4-5-13-9/h4-5,8H,6-7H2,1-3H3,(H,14,15). The molecule has 0 saturated heterocycles. The van der Waals surface area contributed by atoms with Crippen LogP contribution in [-0.4, -0.2) is 43.9 Å². The first kappa shape index (κ1) is 16.2. The Bertz CT molecular complexity index is 584. The molecule has 1 atom stereocenters. The molecule has 7 nitrogen and oxygen atoms in total. The van der Waals surface area contributed by atoms with Gasteiger partial charge in [-0.15, -0.1) is 0 Å². The van der Waals surface area contributed by atoms with Crippen LogP contribution in [-0.2, 0) is 20.4 Å². The van der Waals surface area contributed by atoms with E-state index in [4.69, 9.17) is 14.6 Å². The molecule has 0 bridgehead atoms. The van der Waals surface area contributed by atoms with E-state index in [2.05, 4.69) is 4.98 Å². The molecular weight excluding hydrogens is 286 g/mol. The maximum absolute atomic E-state index is 12.1. The lowest BCUT2D eigenvalue weighted by Crippen LogP contribution is -2.23. The van der Waals surface area contributed by atoms with Crippen LogP contribution >= 0.6 is 0 Å². The second-order valence-electron chi connectivity index (χ2n) is 4.21. The summed E-state index contributed by atoms with van der Waals surface area (Å²) in [5.41, 5.74) is 0.198. The van der Waals surface area contributed by atoms with Crippen LogP contribution in [0.2, 0.25) is 0 Å². The zero-order valence-corrected chi connectivity index (χ0v) is 12.3. The number of carboxylic acid groups (broad SMARTS) is 1. The summed E-state index contributed by atoms with van der Waals surface area (Å²) in [6, 6.07) is 1.55. The highest BCUT2D eigenvalue weighted by Gasteiger charge is 2.26. The lowest BCUT2D eigenvalue weighted by Gasteiger charge is -2.14. The number of nitrogens with zero attached hydrogens (tertiary/aromatic N) is 1. The van der Waals surface area contributed by atoms with Gasteiger partial charge in [-0.25, -0.2) is 8.42 Å². The highest BCUT2D eigenvalue weighted by Crippen LogP contribution is 2.30. The Labute approximate surface area is 117 Å². The fraction of sp³-hybridized carbons (Fsp3) is 0.500. The minimum Gasteiger partial charge on any atom is -0.493 e. The first-order valence-electron chi connectivity index (χ1n) is 5.81. The number of ether oxygens (including phenoxy) is 2. The number of pyridine rings is 1. The van der Waals surface area contributed by atoms with Gasteiger partial charge in [0.2, 0.25) is 0 Å².